The van der Waals surface area contributed by atoms with Crippen molar-refractivity contribution < 1.29 is 21.6 Å². The van der Waals surface area contributed by atoms with Crippen LogP contribution in [-0.4, -0.2) is 31.6 Å². The second kappa shape index (κ2) is 8.67. The van der Waals surface area contributed by atoms with Gasteiger partial charge in [-0.25, -0.2) is 31.7 Å². The highest BCUT2D eigenvalue weighted by Gasteiger charge is 2.17. The van der Waals surface area contributed by atoms with Crippen molar-refractivity contribution in [1.29, 1.82) is 5.41 Å². The Kier molecular flexibility index (Phi) is 6.53. The Hall–Kier alpha value is -3.19. The number of primary sulfonamides is 1. The van der Waals surface area contributed by atoms with Gasteiger partial charge in [0.25, 0.3) is 0 Å². The Morgan fingerprint density at radius 1 is 1.25 bits per heavy atom. The summed E-state index contributed by atoms with van der Waals surface area (Å²) in [5, 5.41) is 19.8. The van der Waals surface area contributed by atoms with Gasteiger partial charge in [0, 0.05) is 31.6 Å². The van der Waals surface area contributed by atoms with E-state index < -0.39 is 44.5 Å². The van der Waals surface area contributed by atoms with E-state index in [0.29, 0.717) is 12.1 Å². The van der Waals surface area contributed by atoms with E-state index in [1.807, 2.05) is 0 Å². The zero-order chi connectivity index (χ0) is 20.9. The molecule has 0 aliphatic rings. The van der Waals surface area contributed by atoms with E-state index in [0.717, 1.165) is 12.4 Å². The van der Waals surface area contributed by atoms with Gasteiger partial charge >= 0.3 is 0 Å². The molecular formula is C15H16F3N7O2S. The number of nitrogens with one attached hydrogen (secondary N) is 4. The molecule has 0 amide bonds. The second-order valence-corrected chi connectivity index (χ2v) is 6.87. The molecule has 28 heavy (non-hydrogen) atoms. The van der Waals surface area contributed by atoms with Gasteiger partial charge in [-0.3, -0.25) is 0 Å². The average molecular weight is 415 g/mol. The third-order valence-electron chi connectivity index (χ3n) is 3.33. The highest BCUT2D eigenvalue weighted by atomic mass is 32.2. The third kappa shape index (κ3) is 5.17. The average Bonchev–Trinajstić information content (AvgIpc) is 2.62. The normalized spacial score (nSPS) is 11.8. The van der Waals surface area contributed by atoms with E-state index in [2.05, 4.69) is 25.9 Å². The number of nitrogens with two attached hydrogens (primary N) is 1. The van der Waals surface area contributed by atoms with Gasteiger partial charge in [-0.15, -0.1) is 0 Å². The highest BCUT2D eigenvalue weighted by molar-refractivity contribution is 7.89. The van der Waals surface area contributed by atoms with Crippen LogP contribution >= 0.6 is 0 Å². The first-order valence-electron chi connectivity index (χ1n) is 7.57. The van der Waals surface area contributed by atoms with E-state index in [4.69, 9.17) is 10.5 Å². The predicted octanol–water partition coefficient (Wildman–Crippen LogP) is 1.28. The van der Waals surface area contributed by atoms with Gasteiger partial charge in [-0.05, 0) is 12.1 Å². The van der Waals surface area contributed by atoms with Crippen molar-refractivity contribution in [3.63, 3.8) is 0 Å². The molecule has 0 aliphatic heterocycles. The molecule has 1 aromatic heterocycles. The molecule has 2 rings (SSSR count). The molecular weight excluding hydrogens is 399 g/mol. The van der Waals surface area contributed by atoms with E-state index in [1.165, 1.54) is 6.20 Å². The number of halogens is 3. The lowest BCUT2D eigenvalue weighted by atomic mass is 10.2. The third-order valence-corrected chi connectivity index (χ3v) is 4.22. The Morgan fingerprint density at radius 3 is 2.43 bits per heavy atom. The minimum atomic E-state index is -4.28. The number of sulfonamides is 1. The van der Waals surface area contributed by atoms with E-state index in [1.54, 1.807) is 7.05 Å². The van der Waals surface area contributed by atoms with Crippen molar-refractivity contribution in [2.45, 2.75) is 11.4 Å². The van der Waals surface area contributed by atoms with Gasteiger partial charge in [0.2, 0.25) is 16.0 Å². The summed E-state index contributed by atoms with van der Waals surface area (Å²) in [6, 6.07) is 1.13. The number of rotatable bonds is 8. The first kappa shape index (κ1) is 21.1. The van der Waals surface area contributed by atoms with Crippen molar-refractivity contribution in [3.8, 4) is 0 Å². The number of hydrogen-bond donors (Lipinski definition) is 5. The SMILES string of the molecule is CN/C=C(\C=N)Nc1ncc(F)c(NCc2c(F)cc(S(N)(=O)=O)cc2F)n1. The number of anilines is 2. The molecule has 2 aromatic rings. The Morgan fingerprint density at radius 2 is 1.89 bits per heavy atom. The standard InChI is InChI=1S/C15H16F3N7O2S/c1-21-5-8(4-19)24-15-23-7-13(18)14(25-15)22-6-10-11(16)2-9(3-12(10)17)28(20,26)27/h2-5,7,19,21H,6H2,1H3,(H2,20,26,27)(H2,22,23,24,25)/b8-5+,19-4?. The summed E-state index contributed by atoms with van der Waals surface area (Å²) < 4.78 is 64.4. The fraction of sp³-hybridized carbons (Fsp3) is 0.133. The fourth-order valence-electron chi connectivity index (χ4n) is 2.03. The first-order valence-corrected chi connectivity index (χ1v) is 9.12. The quantitative estimate of drug-likeness (QED) is 0.408. The Bertz CT molecular complexity index is 1010. The summed E-state index contributed by atoms with van der Waals surface area (Å²) in [7, 11) is -2.68. The molecule has 0 atom stereocenters. The molecule has 6 N–H and O–H groups in total. The predicted molar refractivity (Wildman–Crippen MR) is 96.6 cm³/mol. The smallest absolute Gasteiger partial charge is 0.238 e. The number of aromatic nitrogens is 2. The maximum Gasteiger partial charge on any atom is 0.238 e. The van der Waals surface area contributed by atoms with Crippen molar-refractivity contribution in [2.24, 2.45) is 5.14 Å². The zero-order valence-electron chi connectivity index (χ0n) is 14.4. The van der Waals surface area contributed by atoms with Crippen LogP contribution in [0.3, 0.4) is 0 Å². The van der Waals surface area contributed by atoms with Crippen molar-refractivity contribution in [1.82, 2.24) is 15.3 Å². The van der Waals surface area contributed by atoms with Gasteiger partial charge in [-0.2, -0.15) is 4.98 Å². The monoisotopic (exact) mass is 415 g/mol. The van der Waals surface area contributed by atoms with Crippen LogP contribution in [0.15, 0.2) is 35.1 Å². The minimum Gasteiger partial charge on any atom is -0.392 e. The maximum absolute atomic E-state index is 14.0. The largest absolute Gasteiger partial charge is 0.392 e. The topological polar surface area (TPSA) is 146 Å². The summed E-state index contributed by atoms with van der Waals surface area (Å²) in [4.78, 5) is 6.81. The molecule has 1 aromatic carbocycles. The summed E-state index contributed by atoms with van der Waals surface area (Å²) in [6.45, 7) is -0.528. The molecule has 0 spiro atoms. The van der Waals surface area contributed by atoms with Crippen LogP contribution in [0.2, 0.25) is 0 Å². The minimum absolute atomic E-state index is 0.0700. The summed E-state index contributed by atoms with van der Waals surface area (Å²) >= 11 is 0. The van der Waals surface area contributed by atoms with Crippen LogP contribution in [0.4, 0.5) is 24.9 Å². The lowest BCUT2D eigenvalue weighted by Gasteiger charge is -2.11. The fourth-order valence-corrected chi connectivity index (χ4v) is 2.57. The van der Waals surface area contributed by atoms with Crippen molar-refractivity contribution in [2.75, 3.05) is 17.7 Å². The molecule has 0 saturated carbocycles. The molecule has 0 unspecified atom stereocenters. The number of allylic oxidation sites excluding steroid dienone is 1. The van der Waals surface area contributed by atoms with E-state index >= 15 is 0 Å². The second-order valence-electron chi connectivity index (χ2n) is 5.31. The zero-order valence-corrected chi connectivity index (χ0v) is 15.2. The maximum atomic E-state index is 14.0. The molecule has 0 radical (unpaired) electrons. The van der Waals surface area contributed by atoms with Crippen molar-refractivity contribution in [3.05, 3.63) is 53.2 Å². The Labute approximate surface area is 158 Å². The van der Waals surface area contributed by atoms with Crippen LogP contribution < -0.4 is 21.1 Å². The molecule has 150 valence electrons. The van der Waals surface area contributed by atoms with Crippen LogP contribution in [0.5, 0.6) is 0 Å². The molecule has 0 fully saturated rings. The van der Waals surface area contributed by atoms with Crippen LogP contribution in [-0.2, 0) is 16.6 Å². The molecule has 1 heterocycles. The Balaban J connectivity index is 2.24. The number of hydrogen-bond acceptors (Lipinski definition) is 8. The van der Waals surface area contributed by atoms with E-state index in [9.17, 15) is 21.6 Å². The lowest BCUT2D eigenvalue weighted by Crippen LogP contribution is -2.15. The summed E-state index contributed by atoms with van der Waals surface area (Å²) in [5.41, 5.74) is -0.258. The van der Waals surface area contributed by atoms with Crippen LogP contribution in [0.25, 0.3) is 0 Å². The molecule has 9 nitrogen and oxygen atoms in total. The van der Waals surface area contributed by atoms with Crippen LogP contribution in [0, 0.1) is 22.9 Å². The molecule has 0 saturated heterocycles. The number of nitrogens with zero attached hydrogens (tertiary/aromatic N) is 2. The number of benzene rings is 1. The van der Waals surface area contributed by atoms with Crippen molar-refractivity contribution >= 4 is 28.0 Å². The molecule has 0 aliphatic carbocycles. The van der Waals surface area contributed by atoms with Gasteiger partial charge in [0.05, 0.1) is 16.8 Å². The lowest BCUT2D eigenvalue weighted by molar-refractivity contribution is 0.547. The first-order chi connectivity index (χ1) is 13.2. The summed E-state index contributed by atoms with van der Waals surface area (Å²) in [5.74, 6) is -3.67. The molecule has 0 bridgehead atoms. The molecule has 13 heteroatoms. The summed E-state index contributed by atoms with van der Waals surface area (Å²) in [6.07, 6.45) is 3.23. The van der Waals surface area contributed by atoms with Gasteiger partial charge in [0.1, 0.15) is 11.6 Å². The van der Waals surface area contributed by atoms with Gasteiger partial charge in [0.15, 0.2) is 11.6 Å². The van der Waals surface area contributed by atoms with Gasteiger partial charge in [-0.1, -0.05) is 0 Å². The van der Waals surface area contributed by atoms with Crippen LogP contribution in [0.1, 0.15) is 5.56 Å². The van der Waals surface area contributed by atoms with Gasteiger partial charge < -0.3 is 21.4 Å². The van der Waals surface area contributed by atoms with E-state index in [-0.39, 0.29) is 17.5 Å². The highest BCUT2D eigenvalue weighted by Crippen LogP contribution is 2.20.